The van der Waals surface area contributed by atoms with Gasteiger partial charge < -0.3 is 5.32 Å². The van der Waals surface area contributed by atoms with Gasteiger partial charge in [-0.15, -0.1) is 0 Å². The minimum Gasteiger partial charge on any atom is -0.359 e. The smallest absolute Gasteiger partial charge is 0.0388 e. The number of nitrogens with one attached hydrogen (secondary N) is 1. The fraction of sp³-hybridized carbons (Fsp3) is 0.333. The van der Waals surface area contributed by atoms with Crippen molar-refractivity contribution >= 4 is 11.3 Å². The summed E-state index contributed by atoms with van der Waals surface area (Å²) in [7, 11) is 0. The highest BCUT2D eigenvalue weighted by Crippen LogP contribution is 2.66. The summed E-state index contributed by atoms with van der Waals surface area (Å²) in [5.41, 5.74) is 8.72. The van der Waals surface area contributed by atoms with Crippen LogP contribution in [-0.4, -0.2) is 0 Å². The first kappa shape index (κ1) is 17.5. The number of hydrogen-bond donors (Lipinski definition) is 1. The molecule has 1 aliphatic rings. The molecule has 1 saturated carbocycles. The van der Waals surface area contributed by atoms with Crippen molar-refractivity contribution in [3.8, 4) is 0 Å². The van der Waals surface area contributed by atoms with Gasteiger partial charge in [-0.05, 0) is 60.9 Å². The summed E-state index contributed by atoms with van der Waals surface area (Å²) in [5.74, 6) is 0.976. The Balaban J connectivity index is 1.79. The normalized spacial score (nSPS) is 20.8. The van der Waals surface area contributed by atoms with Crippen molar-refractivity contribution in [2.75, 3.05) is 5.32 Å². The van der Waals surface area contributed by atoms with Crippen LogP contribution in [-0.2, 0) is 0 Å². The average molecular weight is 332 g/mol. The second-order valence-corrected chi connectivity index (χ2v) is 8.15. The Labute approximate surface area is 152 Å². The summed E-state index contributed by atoms with van der Waals surface area (Å²) in [4.78, 5) is 0. The van der Waals surface area contributed by atoms with Gasteiger partial charge in [0.05, 0.1) is 0 Å². The minimum atomic E-state index is 0.237. The summed E-state index contributed by atoms with van der Waals surface area (Å²) in [6, 6.07) is 15.4. The second-order valence-electron chi connectivity index (χ2n) is 8.15. The zero-order valence-electron chi connectivity index (χ0n) is 16.1. The number of anilines is 1. The van der Waals surface area contributed by atoms with Crippen LogP contribution in [0.2, 0.25) is 0 Å². The third kappa shape index (κ3) is 3.28. The number of aryl methyl sites for hydroxylation is 2. The standard InChI is InChI=1S/C24H29N/c1-15(2)21-14-20(13-10-17(21)4)25-18(5)22-23(24(22,6)7)19-11-8-16(3)9-12-19/h8-14,22-23,25H,1,5H2,2-4,6-7H3. The molecule has 2 aromatic carbocycles. The van der Waals surface area contributed by atoms with Gasteiger partial charge in [0.2, 0.25) is 0 Å². The summed E-state index contributed by atoms with van der Waals surface area (Å²) in [6.45, 7) is 19.4. The van der Waals surface area contributed by atoms with Crippen LogP contribution < -0.4 is 5.32 Å². The first-order chi connectivity index (χ1) is 11.7. The van der Waals surface area contributed by atoms with Crippen LogP contribution in [0, 0.1) is 25.2 Å². The van der Waals surface area contributed by atoms with Crippen LogP contribution >= 0.6 is 0 Å². The summed E-state index contributed by atoms with van der Waals surface area (Å²) < 4.78 is 0. The average Bonchev–Trinajstić information content (AvgIpc) is 3.12. The molecular weight excluding hydrogens is 302 g/mol. The summed E-state index contributed by atoms with van der Waals surface area (Å²) in [5, 5.41) is 3.56. The van der Waals surface area contributed by atoms with Gasteiger partial charge in [-0.1, -0.05) is 68.5 Å². The van der Waals surface area contributed by atoms with Crippen molar-refractivity contribution < 1.29 is 0 Å². The Morgan fingerprint density at radius 1 is 1.00 bits per heavy atom. The number of hydrogen-bond acceptors (Lipinski definition) is 1. The van der Waals surface area contributed by atoms with E-state index in [-0.39, 0.29) is 5.41 Å². The van der Waals surface area contributed by atoms with Crippen molar-refractivity contribution in [2.24, 2.45) is 11.3 Å². The van der Waals surface area contributed by atoms with E-state index in [1.165, 1.54) is 22.3 Å². The molecule has 0 radical (unpaired) electrons. The quantitative estimate of drug-likeness (QED) is 0.642. The molecule has 0 aliphatic heterocycles. The van der Waals surface area contributed by atoms with E-state index in [1.807, 2.05) is 0 Å². The first-order valence-electron chi connectivity index (χ1n) is 9.00. The number of benzene rings is 2. The zero-order chi connectivity index (χ0) is 18.4. The van der Waals surface area contributed by atoms with Gasteiger partial charge in [0.15, 0.2) is 0 Å². The molecule has 25 heavy (non-hydrogen) atoms. The predicted molar refractivity (Wildman–Crippen MR) is 110 cm³/mol. The van der Waals surface area contributed by atoms with E-state index in [4.69, 9.17) is 0 Å². The van der Waals surface area contributed by atoms with Gasteiger partial charge >= 0.3 is 0 Å². The molecule has 0 bridgehead atoms. The number of rotatable bonds is 5. The highest BCUT2D eigenvalue weighted by atomic mass is 14.9. The molecular formula is C24H29N. The van der Waals surface area contributed by atoms with E-state index in [0.29, 0.717) is 11.8 Å². The molecule has 0 heterocycles. The van der Waals surface area contributed by atoms with Gasteiger partial charge in [-0.2, -0.15) is 0 Å². The maximum absolute atomic E-state index is 4.36. The van der Waals surface area contributed by atoms with E-state index in [9.17, 15) is 0 Å². The molecule has 0 aromatic heterocycles. The fourth-order valence-electron chi connectivity index (χ4n) is 4.11. The molecule has 1 nitrogen and oxygen atoms in total. The molecule has 1 fully saturated rings. The third-order valence-corrected chi connectivity index (χ3v) is 5.64. The second kappa shape index (κ2) is 6.22. The molecule has 0 spiro atoms. The van der Waals surface area contributed by atoms with E-state index in [1.54, 1.807) is 0 Å². The lowest BCUT2D eigenvalue weighted by Gasteiger charge is -2.14. The van der Waals surface area contributed by atoms with Crippen LogP contribution in [0.5, 0.6) is 0 Å². The summed E-state index contributed by atoms with van der Waals surface area (Å²) in [6.07, 6.45) is 0. The molecule has 130 valence electrons. The van der Waals surface area contributed by atoms with Crippen LogP contribution in [0.3, 0.4) is 0 Å². The van der Waals surface area contributed by atoms with Crippen LogP contribution in [0.4, 0.5) is 5.69 Å². The van der Waals surface area contributed by atoms with Crippen LogP contribution in [0.25, 0.3) is 5.57 Å². The maximum atomic E-state index is 4.36. The monoisotopic (exact) mass is 331 g/mol. The van der Waals surface area contributed by atoms with Crippen LogP contribution in [0.1, 0.15) is 48.9 Å². The Kier molecular flexibility index (Phi) is 4.36. The van der Waals surface area contributed by atoms with Crippen molar-refractivity contribution in [3.63, 3.8) is 0 Å². The Hall–Kier alpha value is -2.28. The maximum Gasteiger partial charge on any atom is 0.0388 e. The van der Waals surface area contributed by atoms with Gasteiger partial charge in [-0.25, -0.2) is 0 Å². The third-order valence-electron chi connectivity index (χ3n) is 5.64. The summed E-state index contributed by atoms with van der Waals surface area (Å²) >= 11 is 0. The Morgan fingerprint density at radius 3 is 2.24 bits per heavy atom. The van der Waals surface area contributed by atoms with E-state index in [2.05, 4.69) is 95.6 Å². The van der Waals surface area contributed by atoms with E-state index in [0.717, 1.165) is 17.0 Å². The Bertz CT molecular complexity index is 824. The van der Waals surface area contributed by atoms with Crippen molar-refractivity contribution in [2.45, 2.75) is 40.5 Å². The van der Waals surface area contributed by atoms with E-state index < -0.39 is 0 Å². The van der Waals surface area contributed by atoms with E-state index >= 15 is 0 Å². The lowest BCUT2D eigenvalue weighted by Crippen LogP contribution is -2.04. The molecule has 2 unspecified atom stereocenters. The molecule has 2 atom stereocenters. The topological polar surface area (TPSA) is 12.0 Å². The molecule has 2 aromatic rings. The Morgan fingerprint density at radius 2 is 1.64 bits per heavy atom. The molecule has 0 amide bonds. The highest BCUT2D eigenvalue weighted by molar-refractivity contribution is 5.69. The minimum absolute atomic E-state index is 0.237. The van der Waals surface area contributed by atoms with Gasteiger partial charge in [0.25, 0.3) is 0 Å². The van der Waals surface area contributed by atoms with Gasteiger partial charge in [0, 0.05) is 17.3 Å². The fourth-order valence-corrected chi connectivity index (χ4v) is 4.11. The zero-order valence-corrected chi connectivity index (χ0v) is 16.1. The van der Waals surface area contributed by atoms with Crippen molar-refractivity contribution in [3.05, 3.63) is 83.6 Å². The van der Waals surface area contributed by atoms with Gasteiger partial charge in [0.1, 0.15) is 0 Å². The SMILES string of the molecule is C=C(C)c1cc(NC(=C)C2C(c3ccc(C)cc3)C2(C)C)ccc1C. The lowest BCUT2D eigenvalue weighted by atomic mass is 10.0. The van der Waals surface area contributed by atoms with Crippen molar-refractivity contribution in [1.82, 2.24) is 0 Å². The molecule has 3 rings (SSSR count). The first-order valence-corrected chi connectivity index (χ1v) is 9.00. The molecule has 1 heteroatoms. The van der Waals surface area contributed by atoms with Crippen molar-refractivity contribution in [1.29, 1.82) is 0 Å². The lowest BCUT2D eigenvalue weighted by molar-refractivity contribution is 0.585. The predicted octanol–water partition coefficient (Wildman–Crippen LogP) is 6.70. The van der Waals surface area contributed by atoms with Gasteiger partial charge in [-0.3, -0.25) is 0 Å². The largest absolute Gasteiger partial charge is 0.359 e. The number of allylic oxidation sites excluding steroid dienone is 2. The molecule has 0 saturated heterocycles. The molecule has 1 aliphatic carbocycles. The highest BCUT2D eigenvalue weighted by Gasteiger charge is 2.59. The van der Waals surface area contributed by atoms with Crippen LogP contribution in [0.15, 0.2) is 61.3 Å². The molecule has 1 N–H and O–H groups in total.